The Bertz CT molecular complexity index is 1040. The quantitative estimate of drug-likeness (QED) is 0.232. The molecule has 2 aromatic rings. The second-order valence-electron chi connectivity index (χ2n) is 10.1. The summed E-state index contributed by atoms with van der Waals surface area (Å²) in [7, 11) is 0. The van der Waals surface area contributed by atoms with Gasteiger partial charge in [0.2, 0.25) is 0 Å². The van der Waals surface area contributed by atoms with Crippen molar-refractivity contribution in [3.05, 3.63) is 59.4 Å². The largest absolute Gasteiger partial charge is 0.494 e. The highest BCUT2D eigenvalue weighted by atomic mass is 19.3. The Morgan fingerprint density at radius 3 is 1.79 bits per heavy atom. The van der Waals surface area contributed by atoms with Crippen LogP contribution in [0, 0.1) is 29.3 Å². The zero-order valence-corrected chi connectivity index (χ0v) is 21.0. The number of rotatable bonds is 9. The van der Waals surface area contributed by atoms with Gasteiger partial charge >= 0.3 is 12.2 Å². The SMILES string of the molecule is CCOc1ccc(C2CCC(C(F)(F)OC3CCC(C(F)(F)Oc4cc(F)c(F)c(F)c4)CC3)CC2)cc1. The third kappa shape index (κ3) is 6.74. The van der Waals surface area contributed by atoms with Crippen LogP contribution in [0.25, 0.3) is 0 Å². The summed E-state index contributed by atoms with van der Waals surface area (Å²) >= 11 is 0. The van der Waals surface area contributed by atoms with Gasteiger partial charge in [-0.1, -0.05) is 12.1 Å². The van der Waals surface area contributed by atoms with Crippen LogP contribution >= 0.6 is 0 Å². The van der Waals surface area contributed by atoms with E-state index in [9.17, 15) is 30.7 Å². The first-order valence-electron chi connectivity index (χ1n) is 13.0. The summed E-state index contributed by atoms with van der Waals surface area (Å²) in [5.74, 6) is -7.31. The Labute approximate surface area is 217 Å². The summed E-state index contributed by atoms with van der Waals surface area (Å²) in [4.78, 5) is 0. The van der Waals surface area contributed by atoms with Gasteiger partial charge in [-0.15, -0.1) is 0 Å². The van der Waals surface area contributed by atoms with Crippen LogP contribution < -0.4 is 9.47 Å². The lowest BCUT2D eigenvalue weighted by molar-refractivity contribution is -0.305. The molecule has 2 saturated carbocycles. The zero-order chi connectivity index (χ0) is 27.5. The van der Waals surface area contributed by atoms with E-state index in [-0.39, 0.29) is 44.4 Å². The fourth-order valence-electron chi connectivity index (χ4n) is 5.43. The van der Waals surface area contributed by atoms with Gasteiger partial charge < -0.3 is 14.2 Å². The van der Waals surface area contributed by atoms with Gasteiger partial charge in [0.15, 0.2) is 17.5 Å². The van der Waals surface area contributed by atoms with E-state index in [2.05, 4.69) is 4.74 Å². The van der Waals surface area contributed by atoms with Crippen LogP contribution in [0.4, 0.5) is 30.7 Å². The predicted molar refractivity (Wildman–Crippen MR) is 126 cm³/mol. The molecule has 3 nitrogen and oxygen atoms in total. The van der Waals surface area contributed by atoms with Gasteiger partial charge in [0.1, 0.15) is 11.5 Å². The maximum atomic E-state index is 15.0. The van der Waals surface area contributed by atoms with Crippen molar-refractivity contribution in [2.75, 3.05) is 6.61 Å². The molecule has 0 atom stereocenters. The molecule has 0 aromatic heterocycles. The number of hydrogen-bond donors (Lipinski definition) is 0. The zero-order valence-electron chi connectivity index (χ0n) is 21.0. The number of benzene rings is 2. The van der Waals surface area contributed by atoms with Crippen LogP contribution in [0.5, 0.6) is 11.5 Å². The molecule has 2 aromatic carbocycles. The van der Waals surface area contributed by atoms with Crippen LogP contribution in [0.2, 0.25) is 0 Å². The molecule has 0 spiro atoms. The summed E-state index contributed by atoms with van der Waals surface area (Å²) < 4.78 is 114. The normalized spacial score (nSPS) is 24.7. The van der Waals surface area contributed by atoms with E-state index in [0.29, 0.717) is 31.6 Å². The molecule has 2 aliphatic rings. The first kappa shape index (κ1) is 28.5. The van der Waals surface area contributed by atoms with Crippen LogP contribution in [0.15, 0.2) is 36.4 Å². The van der Waals surface area contributed by atoms with Crippen molar-refractivity contribution in [3.63, 3.8) is 0 Å². The maximum Gasteiger partial charge on any atom is 0.400 e. The molecule has 0 radical (unpaired) electrons. The molecule has 0 N–H and O–H groups in total. The number of hydrogen-bond acceptors (Lipinski definition) is 3. The lowest BCUT2D eigenvalue weighted by Gasteiger charge is -2.38. The molecule has 0 aliphatic heterocycles. The number of alkyl halides is 4. The van der Waals surface area contributed by atoms with Crippen LogP contribution in [0.3, 0.4) is 0 Å². The molecule has 2 fully saturated rings. The van der Waals surface area contributed by atoms with E-state index in [4.69, 9.17) is 9.47 Å². The monoisotopic (exact) mass is 548 g/mol. The Morgan fingerprint density at radius 2 is 1.24 bits per heavy atom. The third-order valence-electron chi connectivity index (χ3n) is 7.55. The molecule has 10 heteroatoms. The van der Waals surface area contributed by atoms with E-state index in [0.717, 1.165) is 11.3 Å². The van der Waals surface area contributed by atoms with Crippen molar-refractivity contribution in [2.24, 2.45) is 11.8 Å². The summed E-state index contributed by atoms with van der Waals surface area (Å²) in [5.41, 5.74) is 1.09. The molecule has 38 heavy (non-hydrogen) atoms. The van der Waals surface area contributed by atoms with Crippen LogP contribution in [-0.2, 0) is 4.74 Å². The van der Waals surface area contributed by atoms with Gasteiger partial charge in [-0.2, -0.15) is 17.6 Å². The van der Waals surface area contributed by atoms with Crippen molar-refractivity contribution >= 4 is 0 Å². The van der Waals surface area contributed by atoms with Gasteiger partial charge in [-0.3, -0.25) is 0 Å². The molecule has 210 valence electrons. The first-order chi connectivity index (χ1) is 18.0. The topological polar surface area (TPSA) is 27.7 Å². The van der Waals surface area contributed by atoms with Gasteiger partial charge in [0.25, 0.3) is 0 Å². The first-order valence-corrected chi connectivity index (χ1v) is 13.0. The van der Waals surface area contributed by atoms with Crippen molar-refractivity contribution in [3.8, 4) is 11.5 Å². The van der Waals surface area contributed by atoms with Gasteiger partial charge in [0, 0.05) is 12.1 Å². The summed E-state index contributed by atoms with van der Waals surface area (Å²) in [6.07, 6.45) is -6.73. The standard InChI is InChI=1S/C28H31F7O3/c1-2-36-21-11-5-18(6-12-21)17-3-7-19(8-4-17)27(32,33)37-22-13-9-20(10-14-22)28(34,35)38-23-15-24(29)26(31)25(30)16-23/h5-6,11-12,15-17,19-20,22H,2-4,7-10,13-14H2,1H3. The van der Waals surface area contributed by atoms with E-state index in [1.165, 1.54) is 0 Å². The highest BCUT2D eigenvalue weighted by Crippen LogP contribution is 2.46. The second kappa shape index (κ2) is 11.7. The van der Waals surface area contributed by atoms with E-state index >= 15 is 0 Å². The molecule has 4 rings (SSSR count). The Kier molecular flexibility index (Phi) is 8.79. The predicted octanol–water partition coefficient (Wildman–Crippen LogP) is 8.62. The van der Waals surface area contributed by atoms with Gasteiger partial charge in [-0.25, -0.2) is 13.2 Å². The van der Waals surface area contributed by atoms with E-state index < -0.39 is 53.4 Å². The molecule has 2 aliphatic carbocycles. The molecule has 0 unspecified atom stereocenters. The summed E-state index contributed by atoms with van der Waals surface area (Å²) in [6.45, 7) is 2.46. The average Bonchev–Trinajstić information content (AvgIpc) is 2.88. The maximum absolute atomic E-state index is 15.0. The fraction of sp³-hybridized carbons (Fsp3) is 0.571. The average molecular weight is 549 g/mol. The van der Waals surface area contributed by atoms with Crippen molar-refractivity contribution in [2.45, 2.75) is 82.5 Å². The second-order valence-corrected chi connectivity index (χ2v) is 10.1. The van der Waals surface area contributed by atoms with Gasteiger partial charge in [0.05, 0.1) is 24.5 Å². The fourth-order valence-corrected chi connectivity index (χ4v) is 5.43. The molecule has 0 amide bonds. The molecular weight excluding hydrogens is 517 g/mol. The van der Waals surface area contributed by atoms with Crippen LogP contribution in [0.1, 0.15) is 69.8 Å². The minimum atomic E-state index is -3.82. The van der Waals surface area contributed by atoms with E-state index in [1.807, 2.05) is 31.2 Å². The third-order valence-corrected chi connectivity index (χ3v) is 7.55. The minimum absolute atomic E-state index is 0.0348. The van der Waals surface area contributed by atoms with Crippen molar-refractivity contribution < 1.29 is 44.9 Å². The highest BCUT2D eigenvalue weighted by Gasteiger charge is 2.48. The van der Waals surface area contributed by atoms with Crippen molar-refractivity contribution in [1.29, 1.82) is 0 Å². The summed E-state index contributed by atoms with van der Waals surface area (Å²) in [6, 6.07) is 8.36. The molecular formula is C28H31F7O3. The van der Waals surface area contributed by atoms with Crippen molar-refractivity contribution in [1.82, 2.24) is 0 Å². The number of ether oxygens (including phenoxy) is 3. The Hall–Kier alpha value is -2.49. The lowest BCUT2D eigenvalue weighted by Crippen LogP contribution is -2.42. The smallest absolute Gasteiger partial charge is 0.400 e. The Morgan fingerprint density at radius 1 is 0.711 bits per heavy atom. The van der Waals surface area contributed by atoms with Crippen LogP contribution in [-0.4, -0.2) is 24.9 Å². The minimum Gasteiger partial charge on any atom is -0.494 e. The molecule has 0 heterocycles. The number of halogens is 7. The van der Waals surface area contributed by atoms with E-state index in [1.54, 1.807) is 0 Å². The lowest BCUT2D eigenvalue weighted by atomic mass is 9.78. The molecule has 0 saturated heterocycles. The summed E-state index contributed by atoms with van der Waals surface area (Å²) in [5, 5.41) is 0. The Balaban J connectivity index is 1.26. The van der Waals surface area contributed by atoms with Gasteiger partial charge in [-0.05, 0) is 81.9 Å². The highest BCUT2D eigenvalue weighted by molar-refractivity contribution is 5.30. The molecule has 0 bridgehead atoms.